The smallest absolute Gasteiger partial charge is 0.344 e. The van der Waals surface area contributed by atoms with Gasteiger partial charge in [-0.05, 0) is 12.3 Å². The number of carbonyl (C=O) groups is 1. The molecule has 1 rings (SSSR count). The molecule has 8 heteroatoms. The highest BCUT2D eigenvalue weighted by Gasteiger charge is 2.17. The van der Waals surface area contributed by atoms with Crippen LogP contribution in [-0.2, 0) is 9.53 Å². The van der Waals surface area contributed by atoms with Crippen molar-refractivity contribution in [3.63, 3.8) is 0 Å². The lowest BCUT2D eigenvalue weighted by Crippen LogP contribution is -2.17. The van der Waals surface area contributed by atoms with Gasteiger partial charge in [0.1, 0.15) is 10.0 Å². The van der Waals surface area contributed by atoms with Crippen LogP contribution in [0.2, 0.25) is 10.0 Å². The molecule has 2 N–H and O–H groups in total. The Morgan fingerprint density at radius 1 is 1.40 bits per heavy atom. The van der Waals surface area contributed by atoms with Gasteiger partial charge in [0.2, 0.25) is 11.8 Å². The zero-order valence-electron chi connectivity index (χ0n) is 11.1. The molecule has 0 fully saturated rings. The van der Waals surface area contributed by atoms with Crippen LogP contribution >= 0.6 is 23.2 Å². The molecule has 0 aliphatic carbocycles. The number of nitrogens with two attached hydrogens (primary N) is 1. The van der Waals surface area contributed by atoms with Crippen molar-refractivity contribution in [2.75, 3.05) is 18.9 Å². The molecule has 1 aromatic heterocycles. The van der Waals surface area contributed by atoms with Gasteiger partial charge in [-0.3, -0.25) is 0 Å². The van der Waals surface area contributed by atoms with Crippen molar-refractivity contribution in [2.45, 2.75) is 20.3 Å². The first-order valence-electron chi connectivity index (χ1n) is 5.91. The van der Waals surface area contributed by atoms with Crippen LogP contribution in [0.4, 0.5) is 10.1 Å². The predicted molar refractivity (Wildman–Crippen MR) is 74.5 cm³/mol. The number of pyridine rings is 1. The maximum Gasteiger partial charge on any atom is 0.344 e. The van der Waals surface area contributed by atoms with Gasteiger partial charge >= 0.3 is 5.97 Å². The fraction of sp³-hybridized carbons (Fsp3) is 0.500. The Bertz CT molecular complexity index is 498. The fourth-order valence-corrected chi connectivity index (χ4v) is 1.56. The molecule has 0 unspecified atom stereocenters. The molecule has 1 aromatic rings. The minimum Gasteiger partial charge on any atom is -0.464 e. The first kappa shape index (κ1) is 16.8. The Balaban J connectivity index is 2.56. The van der Waals surface area contributed by atoms with Crippen molar-refractivity contribution in [3.05, 3.63) is 16.0 Å². The second-order valence-electron chi connectivity index (χ2n) is 4.44. The summed E-state index contributed by atoms with van der Waals surface area (Å²) in [6.07, 6.45) is 0.743. The summed E-state index contributed by atoms with van der Waals surface area (Å²) in [6.45, 7) is 3.87. The van der Waals surface area contributed by atoms with Gasteiger partial charge in [0, 0.05) is 0 Å². The van der Waals surface area contributed by atoms with Crippen LogP contribution in [0.5, 0.6) is 5.88 Å². The number of carbonyl (C=O) groups excluding carboxylic acids is 1. The highest BCUT2D eigenvalue weighted by atomic mass is 35.5. The van der Waals surface area contributed by atoms with Crippen LogP contribution in [0.3, 0.4) is 0 Å². The van der Waals surface area contributed by atoms with Gasteiger partial charge < -0.3 is 15.2 Å². The number of anilines is 1. The maximum atomic E-state index is 13.3. The van der Waals surface area contributed by atoms with E-state index in [1.165, 1.54) is 0 Å². The third kappa shape index (κ3) is 4.68. The molecule has 112 valence electrons. The summed E-state index contributed by atoms with van der Waals surface area (Å²) >= 11 is 11.3. The maximum absolute atomic E-state index is 13.3. The number of hydrogen-bond donors (Lipinski definition) is 1. The van der Waals surface area contributed by atoms with Crippen molar-refractivity contribution in [2.24, 2.45) is 5.92 Å². The summed E-state index contributed by atoms with van der Waals surface area (Å²) < 4.78 is 23.1. The standard InChI is InChI=1S/C12H15Cl2FN2O3/c1-6(2)3-4-19-7(18)5-20-12-9(14)10(16)8(13)11(15)17-12/h6H,3-5H2,1-2H3,(H2,16,17). The van der Waals surface area contributed by atoms with E-state index in [0.717, 1.165) is 6.42 Å². The molecule has 20 heavy (non-hydrogen) atoms. The van der Waals surface area contributed by atoms with E-state index in [1.807, 2.05) is 13.8 Å². The molecular weight excluding hydrogens is 310 g/mol. The monoisotopic (exact) mass is 324 g/mol. The number of aromatic nitrogens is 1. The normalized spacial score (nSPS) is 10.7. The summed E-state index contributed by atoms with van der Waals surface area (Å²) in [7, 11) is 0. The Hall–Kier alpha value is -1.27. The molecule has 0 aliphatic heterocycles. The van der Waals surface area contributed by atoms with E-state index in [0.29, 0.717) is 5.92 Å². The number of nitrogen functional groups attached to an aromatic ring is 1. The second kappa shape index (κ2) is 7.50. The second-order valence-corrected chi connectivity index (χ2v) is 5.20. The summed E-state index contributed by atoms with van der Waals surface area (Å²) in [4.78, 5) is 14.7. The van der Waals surface area contributed by atoms with Gasteiger partial charge in [-0.1, -0.05) is 37.0 Å². The summed E-state index contributed by atoms with van der Waals surface area (Å²) in [5.41, 5.74) is 5.27. The predicted octanol–water partition coefficient (Wildman–Crippen LogP) is 3.08. The number of halogens is 3. The first-order chi connectivity index (χ1) is 9.32. The van der Waals surface area contributed by atoms with Crippen LogP contribution < -0.4 is 10.5 Å². The number of esters is 1. The largest absolute Gasteiger partial charge is 0.464 e. The first-order valence-corrected chi connectivity index (χ1v) is 6.66. The van der Waals surface area contributed by atoms with Gasteiger partial charge in [0.25, 0.3) is 0 Å². The summed E-state index contributed by atoms with van der Waals surface area (Å²) in [5.74, 6) is -1.49. The van der Waals surface area contributed by atoms with E-state index < -0.39 is 18.5 Å². The van der Waals surface area contributed by atoms with E-state index in [1.54, 1.807) is 0 Å². The average Bonchev–Trinajstić information content (AvgIpc) is 2.38. The van der Waals surface area contributed by atoms with Gasteiger partial charge in [-0.25, -0.2) is 4.79 Å². The van der Waals surface area contributed by atoms with Crippen molar-refractivity contribution < 1.29 is 18.7 Å². The van der Waals surface area contributed by atoms with Crippen LogP contribution in [0.25, 0.3) is 0 Å². The SMILES string of the molecule is CC(C)CCOC(=O)COc1nc(F)c(Cl)c(N)c1Cl. The van der Waals surface area contributed by atoms with E-state index in [2.05, 4.69) is 4.98 Å². The fourth-order valence-electron chi connectivity index (χ4n) is 1.18. The molecule has 0 saturated heterocycles. The van der Waals surface area contributed by atoms with Crippen LogP contribution in [0, 0.1) is 11.9 Å². The molecule has 1 heterocycles. The van der Waals surface area contributed by atoms with Crippen molar-refractivity contribution in [1.82, 2.24) is 4.98 Å². The van der Waals surface area contributed by atoms with E-state index >= 15 is 0 Å². The zero-order chi connectivity index (χ0) is 15.3. The van der Waals surface area contributed by atoms with Gasteiger partial charge in [-0.2, -0.15) is 9.37 Å². The molecule has 0 radical (unpaired) electrons. The topological polar surface area (TPSA) is 74.4 Å². The molecule has 5 nitrogen and oxygen atoms in total. The lowest BCUT2D eigenvalue weighted by Gasteiger charge is -2.10. The number of hydrogen-bond acceptors (Lipinski definition) is 5. The lowest BCUT2D eigenvalue weighted by atomic mass is 10.1. The number of ether oxygens (including phenoxy) is 2. The number of rotatable bonds is 6. The molecule has 0 saturated carbocycles. The molecule has 0 aliphatic rings. The summed E-state index contributed by atoms with van der Waals surface area (Å²) in [5, 5.41) is -0.534. The molecule has 0 atom stereocenters. The van der Waals surface area contributed by atoms with Gasteiger partial charge in [-0.15, -0.1) is 0 Å². The van der Waals surface area contributed by atoms with Crippen molar-refractivity contribution in [3.8, 4) is 5.88 Å². The van der Waals surface area contributed by atoms with E-state index in [9.17, 15) is 9.18 Å². The molecular formula is C12H15Cl2FN2O3. The quantitative estimate of drug-likeness (QED) is 0.643. The van der Waals surface area contributed by atoms with Crippen molar-refractivity contribution >= 4 is 34.9 Å². The molecule has 0 aromatic carbocycles. The third-order valence-corrected chi connectivity index (χ3v) is 3.05. The molecule has 0 amide bonds. The van der Waals surface area contributed by atoms with Crippen LogP contribution in [0.1, 0.15) is 20.3 Å². The van der Waals surface area contributed by atoms with Crippen molar-refractivity contribution in [1.29, 1.82) is 0 Å². The number of nitrogens with zero attached hydrogens (tertiary/aromatic N) is 1. The Kier molecular flexibility index (Phi) is 6.29. The minimum atomic E-state index is -1.02. The average molecular weight is 325 g/mol. The highest BCUT2D eigenvalue weighted by Crippen LogP contribution is 2.35. The Morgan fingerprint density at radius 2 is 2.05 bits per heavy atom. The highest BCUT2D eigenvalue weighted by molar-refractivity contribution is 6.39. The lowest BCUT2D eigenvalue weighted by molar-refractivity contribution is -0.146. The Labute approximate surface area is 126 Å². The minimum absolute atomic E-state index is 0.147. The van der Waals surface area contributed by atoms with Crippen LogP contribution in [-0.4, -0.2) is 24.2 Å². The van der Waals surface area contributed by atoms with E-state index in [-0.39, 0.29) is 28.2 Å². The third-order valence-electron chi connectivity index (χ3n) is 2.33. The van der Waals surface area contributed by atoms with Crippen LogP contribution in [0.15, 0.2) is 0 Å². The van der Waals surface area contributed by atoms with Gasteiger partial charge in [0.15, 0.2) is 6.61 Å². The summed E-state index contributed by atoms with van der Waals surface area (Å²) in [6, 6.07) is 0. The Morgan fingerprint density at radius 3 is 2.65 bits per heavy atom. The van der Waals surface area contributed by atoms with Gasteiger partial charge in [0.05, 0.1) is 12.3 Å². The van der Waals surface area contributed by atoms with E-state index in [4.69, 9.17) is 38.4 Å². The zero-order valence-corrected chi connectivity index (χ0v) is 12.6. The molecule has 0 spiro atoms. The molecule has 0 bridgehead atoms.